The molecule has 9 nitrogen and oxygen atoms in total. The second-order valence-electron chi connectivity index (χ2n) is 5.88. The number of nitrogens with zero attached hydrogens (tertiary/aromatic N) is 2. The highest BCUT2D eigenvalue weighted by atomic mass is 35.5. The van der Waals surface area contributed by atoms with Gasteiger partial charge < -0.3 is 10.6 Å². The molecule has 1 fully saturated rings. The Morgan fingerprint density at radius 3 is 2.69 bits per heavy atom. The van der Waals surface area contributed by atoms with Crippen LogP contribution in [0.2, 0.25) is 5.02 Å². The Morgan fingerprint density at radius 2 is 2.00 bits per heavy atom. The minimum Gasteiger partial charge on any atom is -0.322 e. The van der Waals surface area contributed by atoms with E-state index in [9.17, 15) is 28.9 Å². The first-order valence-electron chi connectivity index (χ1n) is 8.09. The number of carbonyl (C=O) groups excluding carboxylic acids is 3. The van der Waals surface area contributed by atoms with Gasteiger partial charge in [0.05, 0.1) is 10.6 Å². The Labute approximate surface area is 167 Å². The Kier molecular flexibility index (Phi) is 5.55. The summed E-state index contributed by atoms with van der Waals surface area (Å²) in [6, 6.07) is 8.44. The van der Waals surface area contributed by atoms with Crippen molar-refractivity contribution >= 4 is 46.9 Å². The van der Waals surface area contributed by atoms with Gasteiger partial charge in [-0.05, 0) is 29.8 Å². The SMILES string of the molecule is O=C(CN1C(=O)N/C(=C/c2ccc(Cl)c([N+](=O)[O-])c2)C1=O)Nc1ccccc1F. The van der Waals surface area contributed by atoms with Crippen molar-refractivity contribution in [3.63, 3.8) is 0 Å². The van der Waals surface area contributed by atoms with E-state index >= 15 is 0 Å². The number of halogens is 2. The molecule has 0 saturated carbocycles. The number of hydrogen-bond acceptors (Lipinski definition) is 5. The lowest BCUT2D eigenvalue weighted by molar-refractivity contribution is -0.384. The largest absolute Gasteiger partial charge is 0.329 e. The maximum atomic E-state index is 13.6. The van der Waals surface area contributed by atoms with Crippen molar-refractivity contribution < 1.29 is 23.7 Å². The zero-order chi connectivity index (χ0) is 21.1. The van der Waals surface area contributed by atoms with Crippen LogP contribution in [-0.4, -0.2) is 34.2 Å². The molecular weight excluding hydrogens is 407 g/mol. The van der Waals surface area contributed by atoms with Crippen molar-refractivity contribution in [2.45, 2.75) is 0 Å². The first kappa shape index (κ1) is 20.0. The number of rotatable bonds is 5. The molecule has 0 bridgehead atoms. The molecule has 4 amide bonds. The number of hydrogen-bond donors (Lipinski definition) is 2. The quantitative estimate of drug-likeness (QED) is 0.334. The van der Waals surface area contributed by atoms with E-state index in [0.29, 0.717) is 4.90 Å². The third kappa shape index (κ3) is 4.38. The molecule has 1 saturated heterocycles. The van der Waals surface area contributed by atoms with E-state index in [1.807, 2.05) is 0 Å². The summed E-state index contributed by atoms with van der Waals surface area (Å²) in [6.07, 6.45) is 1.22. The Balaban J connectivity index is 1.75. The van der Waals surface area contributed by atoms with Crippen molar-refractivity contribution in [1.82, 2.24) is 10.2 Å². The van der Waals surface area contributed by atoms with Gasteiger partial charge in [-0.15, -0.1) is 0 Å². The van der Waals surface area contributed by atoms with E-state index < -0.39 is 35.1 Å². The number of nitro benzene ring substituents is 1. The van der Waals surface area contributed by atoms with Gasteiger partial charge in [0.15, 0.2) is 0 Å². The zero-order valence-corrected chi connectivity index (χ0v) is 15.3. The molecule has 1 heterocycles. The number of imide groups is 1. The number of nitrogens with one attached hydrogen (secondary N) is 2. The van der Waals surface area contributed by atoms with Crippen LogP contribution in [0.3, 0.4) is 0 Å². The molecule has 11 heteroatoms. The van der Waals surface area contributed by atoms with E-state index in [0.717, 1.165) is 12.1 Å². The summed E-state index contributed by atoms with van der Waals surface area (Å²) in [7, 11) is 0. The molecule has 2 N–H and O–H groups in total. The number of benzene rings is 2. The monoisotopic (exact) mass is 418 g/mol. The highest BCUT2D eigenvalue weighted by molar-refractivity contribution is 6.32. The molecular formula is C18H12ClFN4O5. The van der Waals surface area contributed by atoms with Crippen molar-refractivity contribution in [2.75, 3.05) is 11.9 Å². The third-order valence-corrected chi connectivity index (χ3v) is 4.21. The van der Waals surface area contributed by atoms with Crippen molar-refractivity contribution in [1.29, 1.82) is 0 Å². The predicted octanol–water partition coefficient (Wildman–Crippen LogP) is 2.92. The lowest BCUT2D eigenvalue weighted by atomic mass is 10.1. The second kappa shape index (κ2) is 8.07. The van der Waals surface area contributed by atoms with Crippen LogP contribution in [0.25, 0.3) is 6.08 Å². The molecule has 0 aromatic heterocycles. The van der Waals surface area contributed by atoms with Crippen LogP contribution >= 0.6 is 11.6 Å². The van der Waals surface area contributed by atoms with Gasteiger partial charge in [0.2, 0.25) is 5.91 Å². The summed E-state index contributed by atoms with van der Waals surface area (Å²) in [4.78, 5) is 47.4. The molecule has 0 spiro atoms. The maximum absolute atomic E-state index is 13.6. The molecule has 2 aromatic rings. The Hall–Kier alpha value is -3.79. The summed E-state index contributed by atoms with van der Waals surface area (Å²) in [5.74, 6) is -2.25. The van der Waals surface area contributed by atoms with Crippen LogP contribution in [0.5, 0.6) is 0 Å². The number of para-hydroxylation sites is 1. The van der Waals surface area contributed by atoms with Gasteiger partial charge in [-0.2, -0.15) is 0 Å². The Bertz CT molecular complexity index is 1070. The summed E-state index contributed by atoms with van der Waals surface area (Å²) in [5, 5.41) is 15.4. The first-order chi connectivity index (χ1) is 13.8. The molecule has 0 radical (unpaired) electrons. The molecule has 1 aliphatic rings. The van der Waals surface area contributed by atoms with E-state index in [4.69, 9.17) is 11.6 Å². The molecule has 0 aliphatic carbocycles. The van der Waals surface area contributed by atoms with Crippen LogP contribution in [-0.2, 0) is 9.59 Å². The van der Waals surface area contributed by atoms with Crippen molar-refractivity contribution in [3.8, 4) is 0 Å². The van der Waals surface area contributed by atoms with Gasteiger partial charge in [-0.3, -0.25) is 19.7 Å². The minimum atomic E-state index is -0.853. The summed E-state index contributed by atoms with van der Waals surface area (Å²) in [5.41, 5.74) is -0.375. The fraction of sp³-hybridized carbons (Fsp3) is 0.0556. The molecule has 29 heavy (non-hydrogen) atoms. The van der Waals surface area contributed by atoms with Gasteiger partial charge >= 0.3 is 6.03 Å². The maximum Gasteiger partial charge on any atom is 0.329 e. The van der Waals surface area contributed by atoms with Crippen LogP contribution in [0.4, 0.5) is 20.6 Å². The highest BCUT2D eigenvalue weighted by Crippen LogP contribution is 2.26. The number of carbonyl (C=O) groups is 3. The number of urea groups is 1. The number of nitro groups is 1. The second-order valence-corrected chi connectivity index (χ2v) is 6.28. The minimum absolute atomic E-state index is 0.0784. The Morgan fingerprint density at radius 1 is 1.28 bits per heavy atom. The topological polar surface area (TPSA) is 122 Å². The van der Waals surface area contributed by atoms with Crippen molar-refractivity contribution in [2.24, 2.45) is 0 Å². The summed E-state index contributed by atoms with van der Waals surface area (Å²) < 4.78 is 13.6. The third-order valence-electron chi connectivity index (χ3n) is 3.89. The smallest absolute Gasteiger partial charge is 0.322 e. The zero-order valence-electron chi connectivity index (χ0n) is 14.5. The lowest BCUT2D eigenvalue weighted by Crippen LogP contribution is -2.38. The van der Waals surface area contributed by atoms with E-state index in [1.165, 1.54) is 36.4 Å². The standard InChI is InChI=1S/C18H12ClFN4O5/c19-11-6-5-10(8-15(11)24(28)29)7-14-17(26)23(18(27)22-14)9-16(25)21-13-4-2-1-3-12(13)20/h1-8H,9H2,(H,21,25)(H,22,27)/b14-7+. The van der Waals surface area contributed by atoms with Gasteiger partial charge in [0.25, 0.3) is 11.6 Å². The normalized spacial score (nSPS) is 14.8. The van der Waals surface area contributed by atoms with Crippen LogP contribution in [0.1, 0.15) is 5.56 Å². The van der Waals surface area contributed by atoms with Crippen LogP contribution in [0.15, 0.2) is 48.2 Å². The van der Waals surface area contributed by atoms with E-state index in [2.05, 4.69) is 10.6 Å². The average molecular weight is 419 g/mol. The number of amides is 4. The van der Waals surface area contributed by atoms with E-state index in [-0.39, 0.29) is 27.7 Å². The fourth-order valence-electron chi connectivity index (χ4n) is 2.54. The first-order valence-corrected chi connectivity index (χ1v) is 8.47. The van der Waals surface area contributed by atoms with Crippen LogP contribution in [0, 0.1) is 15.9 Å². The van der Waals surface area contributed by atoms with E-state index in [1.54, 1.807) is 0 Å². The van der Waals surface area contributed by atoms with Crippen molar-refractivity contribution in [3.05, 3.63) is 74.7 Å². The molecule has 1 aliphatic heterocycles. The average Bonchev–Trinajstić information content (AvgIpc) is 2.92. The molecule has 0 atom stereocenters. The molecule has 0 unspecified atom stereocenters. The highest BCUT2D eigenvalue weighted by Gasteiger charge is 2.35. The lowest BCUT2D eigenvalue weighted by Gasteiger charge is -2.12. The predicted molar refractivity (Wildman–Crippen MR) is 101 cm³/mol. The van der Waals surface area contributed by atoms with Crippen LogP contribution < -0.4 is 10.6 Å². The number of anilines is 1. The fourth-order valence-corrected chi connectivity index (χ4v) is 2.72. The molecule has 2 aromatic carbocycles. The van der Waals surface area contributed by atoms with Gasteiger partial charge in [0, 0.05) is 6.07 Å². The van der Waals surface area contributed by atoms with Gasteiger partial charge in [-0.25, -0.2) is 14.1 Å². The summed E-state index contributed by atoms with van der Waals surface area (Å²) >= 11 is 5.74. The molecule has 3 rings (SSSR count). The van der Waals surface area contributed by atoms with Gasteiger partial charge in [-0.1, -0.05) is 29.8 Å². The summed E-state index contributed by atoms with van der Waals surface area (Å²) in [6.45, 7) is -0.642. The molecule has 148 valence electrons. The van der Waals surface area contributed by atoms with Gasteiger partial charge in [0.1, 0.15) is 23.1 Å².